The van der Waals surface area contributed by atoms with Crippen molar-refractivity contribution in [3.8, 4) is 0 Å². The van der Waals surface area contributed by atoms with Crippen LogP contribution in [0.3, 0.4) is 0 Å². The van der Waals surface area contributed by atoms with Gasteiger partial charge in [0.25, 0.3) is 0 Å². The predicted molar refractivity (Wildman–Crippen MR) is 252 cm³/mol. The molecule has 0 saturated carbocycles. The molecule has 322 valence electrons. The van der Waals surface area contributed by atoms with Crippen LogP contribution in [0.25, 0.3) is 0 Å². The van der Waals surface area contributed by atoms with Crippen molar-refractivity contribution in [3.63, 3.8) is 0 Å². The fourth-order valence-electron chi connectivity index (χ4n) is 6.14. The van der Waals surface area contributed by atoms with Crippen LogP contribution in [0, 0.1) is 0 Å². The largest absolute Gasteiger partial charge is 0.394 e. The van der Waals surface area contributed by atoms with Crippen molar-refractivity contribution in [2.75, 3.05) is 6.61 Å². The van der Waals surface area contributed by atoms with Crippen LogP contribution in [0.15, 0.2) is 122 Å². The Morgan fingerprint density at radius 2 is 0.789 bits per heavy atom. The lowest BCUT2D eigenvalue weighted by Crippen LogP contribution is -2.45. The first-order chi connectivity index (χ1) is 28.2. The highest BCUT2D eigenvalue weighted by Gasteiger charge is 2.17. The van der Waals surface area contributed by atoms with Gasteiger partial charge >= 0.3 is 0 Å². The molecule has 0 rings (SSSR count). The second-order valence-electron chi connectivity index (χ2n) is 15.1. The van der Waals surface area contributed by atoms with Gasteiger partial charge in [-0.25, -0.2) is 0 Å². The second-order valence-corrected chi connectivity index (χ2v) is 15.1. The van der Waals surface area contributed by atoms with E-state index in [1.165, 1.54) is 83.5 Å². The first-order valence-electron chi connectivity index (χ1n) is 23.2. The normalized spacial score (nSPS) is 14.1. The SMILES string of the molecule is CC/C=C\C/C=C\C/C=C\C/C=C\C/C=C\C/C=C\C/C=C\C/C=C\CCCCCCCCCCCCCCC(=O)NC(CO)C(O)/C=C/CC/C=C/CCCC. The Kier molecular flexibility index (Phi) is 44.5. The van der Waals surface area contributed by atoms with Gasteiger partial charge in [0.2, 0.25) is 5.91 Å². The lowest BCUT2D eigenvalue weighted by atomic mass is 10.0. The van der Waals surface area contributed by atoms with Gasteiger partial charge in [0.1, 0.15) is 0 Å². The molecule has 0 saturated heterocycles. The summed E-state index contributed by atoms with van der Waals surface area (Å²) in [6.07, 6.45) is 73.4. The van der Waals surface area contributed by atoms with Crippen LogP contribution in [0.5, 0.6) is 0 Å². The minimum absolute atomic E-state index is 0.0862. The van der Waals surface area contributed by atoms with Gasteiger partial charge in [-0.3, -0.25) is 4.79 Å². The van der Waals surface area contributed by atoms with E-state index in [0.717, 1.165) is 83.5 Å². The molecule has 0 aliphatic carbocycles. The molecule has 4 nitrogen and oxygen atoms in total. The zero-order chi connectivity index (χ0) is 41.4. The average Bonchev–Trinajstić information content (AvgIpc) is 3.22. The Hall–Kier alpha value is -3.21. The number of nitrogens with one attached hydrogen (secondary N) is 1. The highest BCUT2D eigenvalue weighted by molar-refractivity contribution is 5.76. The molecule has 1 amide bonds. The lowest BCUT2D eigenvalue weighted by Gasteiger charge is -2.19. The van der Waals surface area contributed by atoms with E-state index in [1.807, 2.05) is 6.08 Å². The fourth-order valence-corrected chi connectivity index (χ4v) is 6.14. The third kappa shape index (κ3) is 43.8. The average molecular weight is 786 g/mol. The van der Waals surface area contributed by atoms with Crippen LogP contribution in [0.4, 0.5) is 0 Å². The van der Waals surface area contributed by atoms with E-state index >= 15 is 0 Å². The van der Waals surface area contributed by atoms with Gasteiger partial charge in [0, 0.05) is 6.42 Å². The van der Waals surface area contributed by atoms with Crippen molar-refractivity contribution in [1.29, 1.82) is 0 Å². The van der Waals surface area contributed by atoms with Crippen molar-refractivity contribution in [2.24, 2.45) is 0 Å². The number of aliphatic hydroxyl groups is 2. The molecule has 0 aliphatic rings. The van der Waals surface area contributed by atoms with Gasteiger partial charge in [-0.1, -0.05) is 212 Å². The fraction of sp³-hybridized carbons (Fsp3) is 0.604. The molecule has 57 heavy (non-hydrogen) atoms. The number of carbonyl (C=O) groups is 1. The van der Waals surface area contributed by atoms with Crippen molar-refractivity contribution in [1.82, 2.24) is 5.32 Å². The second kappa shape index (κ2) is 47.2. The molecular formula is C53H87NO3. The zero-order valence-electron chi connectivity index (χ0n) is 36.8. The van der Waals surface area contributed by atoms with E-state index in [9.17, 15) is 15.0 Å². The number of rotatable bonds is 40. The molecule has 0 aliphatic heterocycles. The summed E-state index contributed by atoms with van der Waals surface area (Å²) < 4.78 is 0. The van der Waals surface area contributed by atoms with E-state index in [1.54, 1.807) is 6.08 Å². The maximum Gasteiger partial charge on any atom is 0.220 e. The van der Waals surface area contributed by atoms with E-state index in [-0.39, 0.29) is 12.5 Å². The first kappa shape index (κ1) is 53.8. The minimum Gasteiger partial charge on any atom is -0.394 e. The van der Waals surface area contributed by atoms with Crippen molar-refractivity contribution >= 4 is 5.91 Å². The van der Waals surface area contributed by atoms with Crippen molar-refractivity contribution < 1.29 is 15.0 Å². The summed E-state index contributed by atoms with van der Waals surface area (Å²) in [4.78, 5) is 12.3. The first-order valence-corrected chi connectivity index (χ1v) is 23.2. The van der Waals surface area contributed by atoms with E-state index < -0.39 is 12.1 Å². The molecule has 0 radical (unpaired) electrons. The topological polar surface area (TPSA) is 69.6 Å². The number of hydrogen-bond acceptors (Lipinski definition) is 3. The molecule has 2 atom stereocenters. The highest BCUT2D eigenvalue weighted by Crippen LogP contribution is 2.13. The molecule has 0 spiro atoms. The number of hydrogen-bond donors (Lipinski definition) is 3. The lowest BCUT2D eigenvalue weighted by molar-refractivity contribution is -0.123. The maximum absolute atomic E-state index is 12.3. The smallest absolute Gasteiger partial charge is 0.220 e. The zero-order valence-corrected chi connectivity index (χ0v) is 36.8. The summed E-state index contributed by atoms with van der Waals surface area (Å²) in [5.74, 6) is -0.0862. The number of unbranched alkanes of at least 4 members (excludes halogenated alkanes) is 15. The molecule has 0 bridgehead atoms. The number of amides is 1. The summed E-state index contributed by atoms with van der Waals surface area (Å²) in [5.41, 5.74) is 0. The number of aliphatic hydroxyl groups excluding tert-OH is 2. The third-order valence-electron chi connectivity index (χ3n) is 9.68. The summed E-state index contributed by atoms with van der Waals surface area (Å²) >= 11 is 0. The summed E-state index contributed by atoms with van der Waals surface area (Å²) in [6.45, 7) is 4.09. The van der Waals surface area contributed by atoms with Gasteiger partial charge in [0.15, 0.2) is 0 Å². The molecule has 2 unspecified atom stereocenters. The molecule has 0 heterocycles. The Balaban J connectivity index is 3.57. The van der Waals surface area contributed by atoms with Gasteiger partial charge < -0.3 is 15.5 Å². The van der Waals surface area contributed by atoms with Crippen LogP contribution in [0.1, 0.15) is 187 Å². The Labute approximate surface area is 352 Å². The van der Waals surface area contributed by atoms with E-state index in [4.69, 9.17) is 0 Å². The Bertz CT molecular complexity index is 1160. The molecule has 0 aromatic rings. The van der Waals surface area contributed by atoms with Crippen LogP contribution >= 0.6 is 0 Å². The Morgan fingerprint density at radius 3 is 1.23 bits per heavy atom. The summed E-state index contributed by atoms with van der Waals surface area (Å²) in [6, 6.07) is -0.644. The highest BCUT2D eigenvalue weighted by atomic mass is 16.3. The molecular weight excluding hydrogens is 699 g/mol. The predicted octanol–water partition coefficient (Wildman–Crippen LogP) is 15.0. The van der Waals surface area contributed by atoms with Gasteiger partial charge in [0.05, 0.1) is 18.8 Å². The van der Waals surface area contributed by atoms with Crippen molar-refractivity contribution in [3.05, 3.63) is 122 Å². The standard InChI is InChI=1S/C53H87NO3/c1-3-5-7-9-11-13-14-15-16-17-18-19-20-21-22-23-24-25-26-27-28-29-30-31-32-33-34-35-36-37-38-39-40-41-43-45-47-49-53(57)54-51(50-55)52(56)48-46-44-42-12-10-8-6-4-2/h5,7,10-13,15-16,18-19,21-22,24-25,27-28,30-31,46,48,51-52,55-56H,3-4,6,8-9,14,17,20,23,26,29,32-45,47,49-50H2,1-2H3,(H,54,57)/b7-5-,12-10+,13-11-,16-15-,19-18-,22-21-,25-24-,28-27-,31-30-,48-46+. The van der Waals surface area contributed by atoms with E-state index in [0.29, 0.717) is 6.42 Å². The third-order valence-corrected chi connectivity index (χ3v) is 9.68. The van der Waals surface area contributed by atoms with Gasteiger partial charge in [-0.05, 0) is 89.9 Å². The van der Waals surface area contributed by atoms with Crippen LogP contribution < -0.4 is 5.32 Å². The molecule has 3 N–H and O–H groups in total. The maximum atomic E-state index is 12.3. The van der Waals surface area contributed by atoms with Gasteiger partial charge in [-0.2, -0.15) is 0 Å². The van der Waals surface area contributed by atoms with Crippen LogP contribution in [-0.2, 0) is 4.79 Å². The molecule has 0 aromatic heterocycles. The summed E-state index contributed by atoms with van der Waals surface area (Å²) in [5, 5.41) is 22.8. The van der Waals surface area contributed by atoms with Gasteiger partial charge in [-0.15, -0.1) is 0 Å². The Morgan fingerprint density at radius 1 is 0.439 bits per heavy atom. The quantitative estimate of drug-likeness (QED) is 0.0428. The molecule has 0 aromatic carbocycles. The number of carbonyl (C=O) groups excluding carboxylic acids is 1. The van der Waals surface area contributed by atoms with Crippen molar-refractivity contribution in [2.45, 2.75) is 199 Å². The summed E-state index contributed by atoms with van der Waals surface area (Å²) in [7, 11) is 0. The number of allylic oxidation sites excluding steroid dienone is 19. The van der Waals surface area contributed by atoms with Crippen LogP contribution in [-0.4, -0.2) is 34.9 Å². The van der Waals surface area contributed by atoms with E-state index in [2.05, 4.69) is 129 Å². The minimum atomic E-state index is -0.866. The molecule has 4 heteroatoms. The van der Waals surface area contributed by atoms with Crippen LogP contribution in [0.2, 0.25) is 0 Å². The molecule has 0 fully saturated rings. The monoisotopic (exact) mass is 786 g/mol.